The van der Waals surface area contributed by atoms with Crippen molar-refractivity contribution in [2.24, 2.45) is 0 Å². The molecule has 2 rings (SSSR count). The van der Waals surface area contributed by atoms with E-state index in [1.165, 1.54) is 5.56 Å². The summed E-state index contributed by atoms with van der Waals surface area (Å²) < 4.78 is 0. The van der Waals surface area contributed by atoms with Crippen LogP contribution in [-0.2, 0) is 4.79 Å². The van der Waals surface area contributed by atoms with Crippen molar-refractivity contribution in [1.82, 2.24) is 10.2 Å². The zero-order valence-corrected chi connectivity index (χ0v) is 10.7. The summed E-state index contributed by atoms with van der Waals surface area (Å²) in [5, 5.41) is 12.5. The summed E-state index contributed by atoms with van der Waals surface area (Å²) in [6, 6.07) is 9.93. The molecular weight excluding hydrogens is 228 g/mol. The number of piperazine rings is 1. The third kappa shape index (κ3) is 2.71. The van der Waals surface area contributed by atoms with Crippen molar-refractivity contribution in [2.75, 3.05) is 19.6 Å². The van der Waals surface area contributed by atoms with Crippen molar-refractivity contribution in [3.05, 3.63) is 35.9 Å². The molecule has 2 unspecified atom stereocenters. The van der Waals surface area contributed by atoms with Crippen LogP contribution in [0.3, 0.4) is 0 Å². The van der Waals surface area contributed by atoms with E-state index in [-0.39, 0.29) is 6.04 Å². The maximum Gasteiger partial charge on any atom is 0.322 e. The van der Waals surface area contributed by atoms with Gasteiger partial charge in [0.25, 0.3) is 0 Å². The molecule has 1 aliphatic rings. The molecule has 98 valence electrons. The lowest BCUT2D eigenvalue weighted by Crippen LogP contribution is -2.55. The fraction of sp³-hybridized carbons (Fsp3) is 0.500. The molecule has 4 nitrogen and oxygen atoms in total. The van der Waals surface area contributed by atoms with E-state index in [4.69, 9.17) is 0 Å². The lowest BCUT2D eigenvalue weighted by molar-refractivity contribution is -0.145. The van der Waals surface area contributed by atoms with Gasteiger partial charge in [0.2, 0.25) is 0 Å². The number of benzene rings is 1. The van der Waals surface area contributed by atoms with Gasteiger partial charge in [-0.3, -0.25) is 9.69 Å². The van der Waals surface area contributed by atoms with E-state index in [0.29, 0.717) is 6.54 Å². The SMILES string of the molecule is CCC(c1ccccc1)N1CCNCC1C(=O)O. The van der Waals surface area contributed by atoms with E-state index in [1.807, 2.05) is 18.2 Å². The molecular formula is C14H20N2O2. The van der Waals surface area contributed by atoms with E-state index in [9.17, 15) is 9.90 Å². The second-order valence-electron chi connectivity index (χ2n) is 4.63. The minimum absolute atomic E-state index is 0.189. The van der Waals surface area contributed by atoms with Crippen LogP contribution in [0.2, 0.25) is 0 Å². The van der Waals surface area contributed by atoms with Crippen molar-refractivity contribution < 1.29 is 9.90 Å². The normalized spacial score (nSPS) is 22.6. The van der Waals surface area contributed by atoms with E-state index in [1.54, 1.807) is 0 Å². The number of carbonyl (C=O) groups is 1. The highest BCUT2D eigenvalue weighted by molar-refractivity contribution is 5.74. The van der Waals surface area contributed by atoms with E-state index in [2.05, 4.69) is 29.3 Å². The van der Waals surface area contributed by atoms with Crippen LogP contribution in [0.25, 0.3) is 0 Å². The predicted octanol–water partition coefficient (Wildman–Crippen LogP) is 1.50. The standard InChI is InChI=1S/C14H20N2O2/c1-2-12(11-6-4-3-5-7-11)16-9-8-15-10-13(16)14(17)18/h3-7,12-13,15H,2,8-10H2,1H3,(H,17,18). The molecule has 1 saturated heterocycles. The van der Waals surface area contributed by atoms with E-state index < -0.39 is 12.0 Å². The summed E-state index contributed by atoms with van der Waals surface area (Å²) in [5.41, 5.74) is 1.20. The molecule has 0 spiro atoms. The van der Waals surface area contributed by atoms with Crippen LogP contribution < -0.4 is 5.32 Å². The van der Waals surface area contributed by atoms with Crippen LogP contribution in [0.15, 0.2) is 30.3 Å². The van der Waals surface area contributed by atoms with Gasteiger partial charge in [-0.1, -0.05) is 37.3 Å². The molecule has 0 saturated carbocycles. The number of hydrogen-bond acceptors (Lipinski definition) is 3. The number of carboxylic acids is 1. The smallest absolute Gasteiger partial charge is 0.322 e. The first kappa shape index (κ1) is 13.1. The molecule has 1 aromatic carbocycles. The van der Waals surface area contributed by atoms with Gasteiger partial charge < -0.3 is 10.4 Å². The van der Waals surface area contributed by atoms with Crippen molar-refractivity contribution in [3.8, 4) is 0 Å². The van der Waals surface area contributed by atoms with Crippen LogP contribution in [0.5, 0.6) is 0 Å². The average Bonchev–Trinajstić information content (AvgIpc) is 2.41. The number of nitrogens with zero attached hydrogens (tertiary/aromatic N) is 1. The Hall–Kier alpha value is -1.39. The fourth-order valence-electron chi connectivity index (χ4n) is 2.66. The van der Waals surface area contributed by atoms with Gasteiger partial charge in [-0.2, -0.15) is 0 Å². The maximum absolute atomic E-state index is 11.3. The first-order valence-corrected chi connectivity index (χ1v) is 6.48. The highest BCUT2D eigenvalue weighted by Gasteiger charge is 2.33. The minimum Gasteiger partial charge on any atom is -0.480 e. The van der Waals surface area contributed by atoms with Crippen LogP contribution in [0, 0.1) is 0 Å². The summed E-state index contributed by atoms with van der Waals surface area (Å²) >= 11 is 0. The number of carboxylic acid groups (broad SMARTS) is 1. The zero-order chi connectivity index (χ0) is 13.0. The van der Waals surface area contributed by atoms with Gasteiger partial charge in [0.1, 0.15) is 6.04 Å². The molecule has 1 aliphatic heterocycles. The second-order valence-corrected chi connectivity index (χ2v) is 4.63. The molecule has 1 aromatic rings. The maximum atomic E-state index is 11.3. The van der Waals surface area contributed by atoms with E-state index in [0.717, 1.165) is 19.5 Å². The molecule has 0 radical (unpaired) electrons. The molecule has 0 aromatic heterocycles. The van der Waals surface area contributed by atoms with Crippen molar-refractivity contribution >= 4 is 5.97 Å². The topological polar surface area (TPSA) is 52.6 Å². The number of hydrogen-bond donors (Lipinski definition) is 2. The molecule has 0 bridgehead atoms. The van der Waals surface area contributed by atoms with Crippen LogP contribution >= 0.6 is 0 Å². The van der Waals surface area contributed by atoms with Gasteiger partial charge >= 0.3 is 5.97 Å². The summed E-state index contributed by atoms with van der Waals surface area (Å²) in [7, 11) is 0. The lowest BCUT2D eigenvalue weighted by Gasteiger charge is -2.39. The molecule has 1 fully saturated rings. The number of aliphatic carboxylic acids is 1. The Kier molecular flexibility index (Phi) is 4.33. The van der Waals surface area contributed by atoms with Crippen molar-refractivity contribution in [3.63, 3.8) is 0 Å². The molecule has 2 N–H and O–H groups in total. The van der Waals surface area contributed by atoms with Crippen LogP contribution in [-0.4, -0.2) is 41.7 Å². The largest absolute Gasteiger partial charge is 0.480 e. The number of nitrogens with one attached hydrogen (secondary N) is 1. The third-order valence-electron chi connectivity index (χ3n) is 3.54. The van der Waals surface area contributed by atoms with E-state index >= 15 is 0 Å². The van der Waals surface area contributed by atoms with Crippen molar-refractivity contribution in [2.45, 2.75) is 25.4 Å². The molecule has 1 heterocycles. The summed E-state index contributed by atoms with van der Waals surface area (Å²) in [6.07, 6.45) is 0.924. The zero-order valence-electron chi connectivity index (χ0n) is 10.7. The van der Waals surface area contributed by atoms with Gasteiger partial charge in [-0.05, 0) is 12.0 Å². The molecule has 18 heavy (non-hydrogen) atoms. The van der Waals surface area contributed by atoms with Crippen molar-refractivity contribution in [1.29, 1.82) is 0 Å². The Bertz CT molecular complexity index is 394. The highest BCUT2D eigenvalue weighted by atomic mass is 16.4. The molecule has 4 heteroatoms. The Morgan fingerprint density at radius 2 is 2.22 bits per heavy atom. The van der Waals surface area contributed by atoms with Crippen LogP contribution in [0.4, 0.5) is 0 Å². The van der Waals surface area contributed by atoms with Gasteiger partial charge in [0, 0.05) is 25.7 Å². The molecule has 0 amide bonds. The van der Waals surface area contributed by atoms with Gasteiger partial charge in [-0.25, -0.2) is 0 Å². The first-order chi connectivity index (χ1) is 8.74. The summed E-state index contributed by atoms with van der Waals surface area (Å²) in [6.45, 7) is 4.27. The Morgan fingerprint density at radius 3 is 2.83 bits per heavy atom. The molecule has 2 atom stereocenters. The second kappa shape index (κ2) is 5.98. The third-order valence-corrected chi connectivity index (χ3v) is 3.54. The van der Waals surface area contributed by atoms with Crippen LogP contribution in [0.1, 0.15) is 24.9 Å². The van der Waals surface area contributed by atoms with Gasteiger partial charge in [-0.15, -0.1) is 0 Å². The Balaban J connectivity index is 2.22. The highest BCUT2D eigenvalue weighted by Crippen LogP contribution is 2.26. The summed E-state index contributed by atoms with van der Waals surface area (Å²) in [5.74, 6) is -0.739. The Morgan fingerprint density at radius 1 is 1.50 bits per heavy atom. The Labute approximate surface area is 108 Å². The monoisotopic (exact) mass is 248 g/mol. The predicted molar refractivity (Wildman–Crippen MR) is 70.5 cm³/mol. The first-order valence-electron chi connectivity index (χ1n) is 6.48. The van der Waals surface area contributed by atoms with Gasteiger partial charge in [0.05, 0.1) is 0 Å². The minimum atomic E-state index is -0.739. The lowest BCUT2D eigenvalue weighted by atomic mass is 9.99. The molecule has 0 aliphatic carbocycles. The average molecular weight is 248 g/mol. The number of rotatable bonds is 4. The summed E-state index contributed by atoms with van der Waals surface area (Å²) in [4.78, 5) is 13.4. The van der Waals surface area contributed by atoms with Gasteiger partial charge in [0.15, 0.2) is 0 Å². The quantitative estimate of drug-likeness (QED) is 0.848. The fourth-order valence-corrected chi connectivity index (χ4v) is 2.66.